The van der Waals surface area contributed by atoms with Crippen LogP contribution in [-0.2, 0) is 16.2 Å². The molecule has 3 aliphatic rings. The van der Waals surface area contributed by atoms with E-state index in [1.54, 1.807) is 0 Å². The van der Waals surface area contributed by atoms with Crippen LogP contribution in [0.3, 0.4) is 0 Å². The van der Waals surface area contributed by atoms with Crippen LogP contribution in [0.25, 0.3) is 0 Å². The Labute approximate surface area is 249 Å². The molecule has 0 bridgehead atoms. The highest BCUT2D eigenvalue weighted by molar-refractivity contribution is 5.84. The van der Waals surface area contributed by atoms with E-state index < -0.39 is 6.03 Å². The fraction of sp³-hybridized carbons (Fsp3) is 0.622. The number of benzene rings is 2. The molecule has 1 fully saturated rings. The highest BCUT2D eigenvalue weighted by atomic mass is 16.7. The van der Waals surface area contributed by atoms with Crippen molar-refractivity contribution in [2.24, 2.45) is 0 Å². The summed E-state index contributed by atoms with van der Waals surface area (Å²) >= 11 is 0. The molecule has 1 saturated heterocycles. The van der Waals surface area contributed by atoms with Gasteiger partial charge in [-0.2, -0.15) is 0 Å². The summed E-state index contributed by atoms with van der Waals surface area (Å²) in [6, 6.07) is 10.5. The highest BCUT2D eigenvalue weighted by Crippen LogP contribution is 2.47. The molecule has 0 radical (unpaired) electrons. The van der Waals surface area contributed by atoms with E-state index in [1.165, 1.54) is 55.2 Å². The first-order valence-electron chi connectivity index (χ1n) is 16.0. The van der Waals surface area contributed by atoms with Crippen molar-refractivity contribution < 1.29 is 18.6 Å². The van der Waals surface area contributed by atoms with Gasteiger partial charge >= 0.3 is 6.03 Å². The van der Waals surface area contributed by atoms with Gasteiger partial charge in [0, 0.05) is 19.4 Å². The van der Waals surface area contributed by atoms with Gasteiger partial charge in [-0.25, -0.2) is 0 Å². The molecule has 1 atom stereocenters. The molecule has 1 unspecified atom stereocenters. The lowest BCUT2D eigenvalue weighted by atomic mass is 9.74. The maximum atomic E-state index is 7.14. The molecule has 0 aromatic heterocycles. The van der Waals surface area contributed by atoms with Gasteiger partial charge < -0.3 is 9.47 Å². The third-order valence-electron chi connectivity index (χ3n) is 9.58. The Morgan fingerprint density at radius 3 is 1.98 bits per heavy atom. The largest absolute Gasteiger partial charge is 0.704 e. The summed E-state index contributed by atoms with van der Waals surface area (Å²) in [5, 5.41) is 0. The minimum Gasteiger partial charge on any atom is -0.341 e. The highest BCUT2D eigenvalue weighted by Gasteiger charge is 2.75. The molecule has 1 spiro atoms. The number of hydrogen-bond acceptors (Lipinski definition) is 2. The molecule has 4 heteroatoms. The summed E-state index contributed by atoms with van der Waals surface area (Å²) in [6.07, 6.45) is 12.0. The molecule has 222 valence electrons. The van der Waals surface area contributed by atoms with Gasteiger partial charge in [0.1, 0.15) is 0 Å². The molecule has 3 heterocycles. The quantitative estimate of drug-likeness (QED) is 0.318. The Kier molecular flexibility index (Phi) is 7.27. The van der Waals surface area contributed by atoms with E-state index in [9.17, 15) is 0 Å². The molecule has 5 rings (SSSR count). The second kappa shape index (κ2) is 9.99. The maximum Gasteiger partial charge on any atom is 0.704 e. The minimum atomic E-state index is -1.04. The van der Waals surface area contributed by atoms with Crippen LogP contribution in [0.1, 0.15) is 143 Å². The zero-order chi connectivity index (χ0) is 30.0. The minimum absolute atomic E-state index is 0.0445. The zero-order valence-electron chi connectivity index (χ0n) is 27.7. The molecule has 3 aliphatic heterocycles. The first-order valence-corrected chi connectivity index (χ1v) is 16.0. The third-order valence-corrected chi connectivity index (χ3v) is 9.58. The van der Waals surface area contributed by atoms with E-state index in [2.05, 4.69) is 128 Å². The van der Waals surface area contributed by atoms with E-state index in [0.29, 0.717) is 0 Å². The van der Waals surface area contributed by atoms with Crippen LogP contribution < -0.4 is 9.47 Å². The molecule has 0 aliphatic carbocycles. The summed E-state index contributed by atoms with van der Waals surface area (Å²) in [7, 11) is 0. The van der Waals surface area contributed by atoms with Crippen molar-refractivity contribution in [1.82, 2.24) is 0 Å². The van der Waals surface area contributed by atoms with Crippen LogP contribution in [-0.4, -0.2) is 39.7 Å². The topological polar surface area (TPSA) is 24.5 Å². The number of hydrogen-bond donors (Lipinski definition) is 0. The summed E-state index contributed by atoms with van der Waals surface area (Å²) in [6.45, 7) is 26.1. The lowest BCUT2D eigenvalue weighted by molar-refractivity contribution is -0.867. The van der Waals surface area contributed by atoms with Crippen LogP contribution in [0, 0.1) is 0 Å². The predicted octanol–water partition coefficient (Wildman–Crippen LogP) is 8.67. The molecule has 2 aromatic carbocycles. The third kappa shape index (κ3) is 5.14. The van der Waals surface area contributed by atoms with Crippen LogP contribution in [0.5, 0.6) is 11.5 Å². The number of rotatable bonds is 7. The normalized spacial score (nSPS) is 21.0. The second-order valence-corrected chi connectivity index (χ2v) is 15.8. The maximum absolute atomic E-state index is 7.14. The van der Waals surface area contributed by atoms with Gasteiger partial charge in [-0.05, 0) is 58.4 Å². The molecule has 0 amide bonds. The van der Waals surface area contributed by atoms with Crippen molar-refractivity contribution >= 4 is 12.4 Å². The van der Waals surface area contributed by atoms with Crippen LogP contribution in [0.2, 0.25) is 0 Å². The zero-order valence-corrected chi connectivity index (χ0v) is 27.7. The van der Waals surface area contributed by atoms with Crippen molar-refractivity contribution in [2.75, 3.05) is 6.54 Å². The number of ether oxygens (including phenoxy) is 2. The summed E-state index contributed by atoms with van der Waals surface area (Å²) in [5.41, 5.74) is 6.22. The molecule has 2 aromatic rings. The first kappa shape index (κ1) is 29.9. The fourth-order valence-electron chi connectivity index (χ4n) is 6.83. The monoisotopic (exact) mass is 558 g/mol. The van der Waals surface area contributed by atoms with Crippen molar-refractivity contribution in [1.29, 1.82) is 0 Å². The van der Waals surface area contributed by atoms with Crippen molar-refractivity contribution in [2.45, 2.75) is 143 Å². The smallest absolute Gasteiger partial charge is 0.341 e. The molecular weight excluding hydrogens is 504 g/mol. The first-order chi connectivity index (χ1) is 19.0. The average Bonchev–Trinajstić information content (AvgIpc) is 3.10. The van der Waals surface area contributed by atoms with E-state index in [-0.39, 0.29) is 21.8 Å². The Morgan fingerprint density at radius 1 is 0.756 bits per heavy atom. The summed E-state index contributed by atoms with van der Waals surface area (Å²) in [5.74, 6) is 1.83. The van der Waals surface area contributed by atoms with E-state index in [4.69, 9.17) is 9.47 Å². The lowest BCUT2D eigenvalue weighted by Crippen LogP contribution is -2.61. The van der Waals surface area contributed by atoms with Crippen LogP contribution >= 0.6 is 0 Å². The lowest BCUT2D eigenvalue weighted by Gasteiger charge is -2.34. The Bertz CT molecular complexity index is 1390. The van der Waals surface area contributed by atoms with Crippen LogP contribution in [0.15, 0.2) is 30.3 Å². The Balaban J connectivity index is 1.63. The van der Waals surface area contributed by atoms with Crippen molar-refractivity contribution in [3.8, 4) is 11.5 Å². The Hall–Kier alpha value is -2.62. The van der Waals surface area contributed by atoms with Gasteiger partial charge in [0.15, 0.2) is 23.9 Å². The molecule has 0 saturated carbocycles. The second-order valence-electron chi connectivity index (χ2n) is 15.8. The molecule has 41 heavy (non-hydrogen) atoms. The molecule has 4 nitrogen and oxygen atoms in total. The Morgan fingerprint density at radius 2 is 1.39 bits per heavy atom. The average molecular weight is 559 g/mol. The summed E-state index contributed by atoms with van der Waals surface area (Å²) in [4.78, 5) is 0. The van der Waals surface area contributed by atoms with Crippen molar-refractivity contribution in [3.05, 3.63) is 58.1 Å². The van der Waals surface area contributed by atoms with E-state index in [1.807, 2.05) is 0 Å². The van der Waals surface area contributed by atoms with Gasteiger partial charge in [-0.3, -0.25) is 0 Å². The fourth-order valence-corrected chi connectivity index (χ4v) is 6.83. The summed E-state index contributed by atoms with van der Waals surface area (Å²) < 4.78 is 18.7. The van der Waals surface area contributed by atoms with Crippen LogP contribution in [0.4, 0.5) is 0 Å². The number of nitrogens with zero attached hydrogens (tertiary/aromatic N) is 2. The van der Waals surface area contributed by atoms with E-state index in [0.717, 1.165) is 29.2 Å². The van der Waals surface area contributed by atoms with Crippen molar-refractivity contribution in [3.63, 3.8) is 0 Å². The van der Waals surface area contributed by atoms with Gasteiger partial charge in [-0.15, -0.1) is 0 Å². The molecular formula is C37H54N2O2+2. The van der Waals surface area contributed by atoms with Gasteiger partial charge in [0.2, 0.25) is 12.1 Å². The van der Waals surface area contributed by atoms with E-state index >= 15 is 0 Å². The number of fused-ring (bicyclic) bond motifs is 2. The predicted molar refractivity (Wildman–Crippen MR) is 170 cm³/mol. The van der Waals surface area contributed by atoms with Gasteiger partial charge in [0.25, 0.3) is 0 Å². The standard InChI is InChI=1S/C37H54N2O2/c1-12-14-18-36(11,19-15-13-2)28-16-17-31-26(20-28)24-39-35(9,10)25-38-23-27-21-29(33(3,4)5)22-30(34(6,7)8)32(27)41-37(38,39)40-31/h16-17,20-24H,12-15,18-19,25H2,1-11H3/q+2. The SMILES string of the molecule is CCCCC(C)(CCCC)c1ccc2c(c1)C=[N+]1C(C)(C)C[N+]3=Cc4cc(C(C)(C)C)cc(C(C)(C)C)c4OC31O2. The van der Waals surface area contributed by atoms with Gasteiger partial charge in [0.05, 0.1) is 11.1 Å². The number of unbranched alkanes of at least 4 members (excludes halogenated alkanes) is 2. The molecule has 0 N–H and O–H groups in total. The van der Waals surface area contributed by atoms with Gasteiger partial charge in [-0.1, -0.05) is 109 Å².